The summed E-state index contributed by atoms with van der Waals surface area (Å²) in [6.45, 7) is 3.23. The molecule has 1 N–H and O–H groups in total. The zero-order chi connectivity index (χ0) is 26.2. The summed E-state index contributed by atoms with van der Waals surface area (Å²) >= 11 is 0. The van der Waals surface area contributed by atoms with Gasteiger partial charge in [0.2, 0.25) is 5.75 Å². The van der Waals surface area contributed by atoms with Crippen LogP contribution in [0.3, 0.4) is 0 Å². The van der Waals surface area contributed by atoms with E-state index in [1.165, 1.54) is 26.2 Å². The Hall–Kier alpha value is -3.72. The average Bonchev–Trinajstić information content (AvgIpc) is 3.16. The van der Waals surface area contributed by atoms with Gasteiger partial charge in [0.05, 0.1) is 39.6 Å². The lowest BCUT2D eigenvalue weighted by Crippen LogP contribution is -2.31. The molecule has 0 bridgehead atoms. The number of methoxy groups -OCH3 is 4. The van der Waals surface area contributed by atoms with Crippen molar-refractivity contribution in [1.29, 1.82) is 0 Å². The van der Waals surface area contributed by atoms with Crippen molar-refractivity contribution >= 4 is 17.4 Å². The largest absolute Gasteiger partial charge is 0.507 e. The molecule has 0 aliphatic carbocycles. The Labute approximate surface area is 211 Å². The number of Topliss-reactive ketones (excluding diaryl/α,β-unsaturated/α-hetero) is 1. The van der Waals surface area contributed by atoms with Crippen LogP contribution in [0, 0.1) is 0 Å². The quantitative estimate of drug-likeness (QED) is 0.203. The standard InChI is InChI=1S/C27H33NO8/c1-6-13-36-19-10-8-17(9-11-19)24(29)22-23(28(12-7-14-32-2)27(31)25(22)30)18-15-20(33-3)26(35-5)21(16-18)34-4/h8-11,15-16,23,29H,6-7,12-14H2,1-5H3/t23-/m0/s1. The highest BCUT2D eigenvalue weighted by Gasteiger charge is 2.46. The molecule has 2 aromatic carbocycles. The minimum absolute atomic E-state index is 0.0195. The van der Waals surface area contributed by atoms with Gasteiger partial charge in [0.15, 0.2) is 11.5 Å². The molecule has 1 atom stereocenters. The highest BCUT2D eigenvalue weighted by atomic mass is 16.5. The van der Waals surface area contributed by atoms with Crippen molar-refractivity contribution in [3.63, 3.8) is 0 Å². The number of hydrogen-bond donors (Lipinski definition) is 1. The second-order valence-corrected chi connectivity index (χ2v) is 8.17. The van der Waals surface area contributed by atoms with Crippen molar-refractivity contribution in [3.8, 4) is 23.0 Å². The molecule has 1 amide bonds. The molecule has 2 aromatic rings. The number of carbonyl (C=O) groups is 2. The Kier molecular flexibility index (Phi) is 9.19. The number of rotatable bonds is 12. The van der Waals surface area contributed by atoms with E-state index in [0.29, 0.717) is 53.8 Å². The number of aliphatic hydroxyl groups is 1. The molecule has 1 aliphatic rings. The summed E-state index contributed by atoms with van der Waals surface area (Å²) in [4.78, 5) is 27.8. The Morgan fingerprint density at radius 2 is 1.58 bits per heavy atom. The summed E-state index contributed by atoms with van der Waals surface area (Å²) in [5.41, 5.74) is 0.908. The number of likely N-dealkylation sites (tertiary alicyclic amines) is 1. The molecule has 0 saturated carbocycles. The van der Waals surface area contributed by atoms with Crippen LogP contribution < -0.4 is 18.9 Å². The molecule has 0 aromatic heterocycles. The molecule has 1 heterocycles. The fourth-order valence-corrected chi connectivity index (χ4v) is 4.18. The number of nitrogens with zero attached hydrogens (tertiary/aromatic N) is 1. The predicted molar refractivity (Wildman–Crippen MR) is 134 cm³/mol. The molecule has 36 heavy (non-hydrogen) atoms. The summed E-state index contributed by atoms with van der Waals surface area (Å²) in [6, 6.07) is 9.23. The summed E-state index contributed by atoms with van der Waals surface area (Å²) in [5, 5.41) is 11.3. The van der Waals surface area contributed by atoms with E-state index in [1.54, 1.807) is 43.5 Å². The zero-order valence-electron chi connectivity index (χ0n) is 21.3. The van der Waals surface area contributed by atoms with Crippen LogP contribution >= 0.6 is 0 Å². The Balaban J connectivity index is 2.16. The van der Waals surface area contributed by atoms with Gasteiger partial charge in [0.1, 0.15) is 11.5 Å². The van der Waals surface area contributed by atoms with Crippen molar-refractivity contribution in [2.45, 2.75) is 25.8 Å². The minimum atomic E-state index is -0.869. The van der Waals surface area contributed by atoms with Crippen LogP contribution in [-0.4, -0.2) is 69.9 Å². The van der Waals surface area contributed by atoms with Gasteiger partial charge in [-0.05, 0) is 54.8 Å². The maximum Gasteiger partial charge on any atom is 0.295 e. The Bertz CT molecular complexity index is 1080. The first kappa shape index (κ1) is 26.9. The topological polar surface area (TPSA) is 104 Å². The van der Waals surface area contributed by atoms with Gasteiger partial charge >= 0.3 is 0 Å². The van der Waals surface area contributed by atoms with Crippen LogP contribution in [0.2, 0.25) is 0 Å². The SMILES string of the molecule is CCCOc1ccc(C(O)=C2C(=O)C(=O)N(CCCOC)[C@H]2c2cc(OC)c(OC)c(OC)c2)cc1. The van der Waals surface area contributed by atoms with Crippen LogP contribution in [0.5, 0.6) is 23.0 Å². The van der Waals surface area contributed by atoms with Crippen molar-refractivity contribution < 1.29 is 38.4 Å². The summed E-state index contributed by atoms with van der Waals surface area (Å²) in [5.74, 6) is 0.0172. The van der Waals surface area contributed by atoms with Crippen molar-refractivity contribution in [2.75, 3.05) is 48.2 Å². The molecule has 0 spiro atoms. The minimum Gasteiger partial charge on any atom is -0.507 e. The maximum atomic E-state index is 13.2. The van der Waals surface area contributed by atoms with Crippen molar-refractivity contribution in [3.05, 3.63) is 53.1 Å². The van der Waals surface area contributed by atoms with E-state index >= 15 is 0 Å². The monoisotopic (exact) mass is 499 g/mol. The molecule has 0 unspecified atom stereocenters. The normalized spacial score (nSPS) is 16.8. The second kappa shape index (κ2) is 12.3. The van der Waals surface area contributed by atoms with E-state index in [2.05, 4.69) is 0 Å². The smallest absolute Gasteiger partial charge is 0.295 e. The fraction of sp³-hybridized carbons (Fsp3) is 0.407. The molecule has 1 aliphatic heterocycles. The van der Waals surface area contributed by atoms with E-state index in [1.807, 2.05) is 6.92 Å². The van der Waals surface area contributed by atoms with E-state index < -0.39 is 17.7 Å². The number of amides is 1. The van der Waals surface area contributed by atoms with Gasteiger partial charge in [-0.3, -0.25) is 9.59 Å². The van der Waals surface area contributed by atoms with E-state index in [9.17, 15) is 14.7 Å². The van der Waals surface area contributed by atoms with Crippen LogP contribution in [0.1, 0.15) is 36.9 Å². The zero-order valence-corrected chi connectivity index (χ0v) is 21.3. The molecule has 9 nitrogen and oxygen atoms in total. The van der Waals surface area contributed by atoms with E-state index in [0.717, 1.165) is 6.42 Å². The first-order chi connectivity index (χ1) is 17.4. The third kappa shape index (κ3) is 5.41. The lowest BCUT2D eigenvalue weighted by Gasteiger charge is -2.26. The lowest BCUT2D eigenvalue weighted by molar-refractivity contribution is -0.140. The number of hydrogen-bond acceptors (Lipinski definition) is 8. The number of carbonyl (C=O) groups excluding carboxylic acids is 2. The summed E-state index contributed by atoms with van der Waals surface area (Å²) in [6.07, 6.45) is 1.37. The summed E-state index contributed by atoms with van der Waals surface area (Å²) in [7, 11) is 6.03. The van der Waals surface area contributed by atoms with Gasteiger partial charge in [-0.15, -0.1) is 0 Å². The van der Waals surface area contributed by atoms with Gasteiger partial charge in [0.25, 0.3) is 11.7 Å². The molecule has 194 valence electrons. The second-order valence-electron chi connectivity index (χ2n) is 8.17. The van der Waals surface area contributed by atoms with Crippen LogP contribution in [-0.2, 0) is 14.3 Å². The van der Waals surface area contributed by atoms with E-state index in [-0.39, 0.29) is 17.9 Å². The van der Waals surface area contributed by atoms with Crippen molar-refractivity contribution in [1.82, 2.24) is 4.90 Å². The highest BCUT2D eigenvalue weighted by Crippen LogP contribution is 2.45. The molecule has 0 radical (unpaired) electrons. The number of aliphatic hydroxyl groups excluding tert-OH is 1. The molecule has 9 heteroatoms. The lowest BCUT2D eigenvalue weighted by atomic mass is 9.94. The first-order valence-corrected chi connectivity index (χ1v) is 11.7. The Morgan fingerprint density at radius 1 is 0.944 bits per heavy atom. The van der Waals surface area contributed by atoms with Crippen LogP contribution in [0.4, 0.5) is 0 Å². The van der Waals surface area contributed by atoms with Crippen LogP contribution in [0.25, 0.3) is 5.76 Å². The third-order valence-corrected chi connectivity index (χ3v) is 5.89. The predicted octanol–water partition coefficient (Wildman–Crippen LogP) is 3.96. The van der Waals surface area contributed by atoms with Gasteiger partial charge in [0, 0.05) is 25.8 Å². The van der Waals surface area contributed by atoms with Crippen molar-refractivity contribution in [2.24, 2.45) is 0 Å². The van der Waals surface area contributed by atoms with Gasteiger partial charge in [-0.25, -0.2) is 0 Å². The van der Waals surface area contributed by atoms with Gasteiger partial charge in [-0.2, -0.15) is 0 Å². The molecule has 1 fully saturated rings. The fourth-order valence-electron chi connectivity index (χ4n) is 4.18. The maximum absolute atomic E-state index is 13.2. The van der Waals surface area contributed by atoms with Gasteiger partial charge in [-0.1, -0.05) is 6.92 Å². The first-order valence-electron chi connectivity index (χ1n) is 11.7. The molecular formula is C27H33NO8. The number of benzene rings is 2. The highest BCUT2D eigenvalue weighted by molar-refractivity contribution is 6.46. The van der Waals surface area contributed by atoms with E-state index in [4.69, 9.17) is 23.7 Å². The summed E-state index contributed by atoms with van der Waals surface area (Å²) < 4.78 is 27.1. The molecule has 1 saturated heterocycles. The number of ether oxygens (including phenoxy) is 5. The number of ketones is 1. The third-order valence-electron chi connectivity index (χ3n) is 5.89. The Morgan fingerprint density at radius 3 is 2.11 bits per heavy atom. The van der Waals surface area contributed by atoms with Gasteiger partial charge < -0.3 is 33.7 Å². The molecular weight excluding hydrogens is 466 g/mol. The van der Waals surface area contributed by atoms with Crippen LogP contribution in [0.15, 0.2) is 42.0 Å². The molecule has 3 rings (SSSR count). The average molecular weight is 500 g/mol.